The van der Waals surface area contributed by atoms with E-state index < -0.39 is 0 Å². The van der Waals surface area contributed by atoms with E-state index in [1.54, 1.807) is 11.3 Å². The molecule has 3 heteroatoms. The summed E-state index contributed by atoms with van der Waals surface area (Å²) in [7, 11) is 0. The lowest BCUT2D eigenvalue weighted by Gasteiger charge is -2.10. The van der Waals surface area contributed by atoms with Crippen LogP contribution >= 0.6 is 11.3 Å². The third-order valence-electron chi connectivity index (χ3n) is 3.24. The van der Waals surface area contributed by atoms with Gasteiger partial charge in [0.15, 0.2) is 0 Å². The van der Waals surface area contributed by atoms with Gasteiger partial charge in [0, 0.05) is 12.5 Å². The zero-order valence-electron chi connectivity index (χ0n) is 10.6. The molecule has 0 aliphatic heterocycles. The lowest BCUT2D eigenvalue weighted by Crippen LogP contribution is -2.10. The highest BCUT2D eigenvalue weighted by Crippen LogP contribution is 2.24. The van der Waals surface area contributed by atoms with Crippen LogP contribution in [-0.2, 0) is 6.42 Å². The molecule has 1 heterocycles. The third kappa shape index (κ3) is 2.83. The van der Waals surface area contributed by atoms with Crippen LogP contribution in [0.3, 0.4) is 0 Å². The van der Waals surface area contributed by atoms with Crippen LogP contribution in [-0.4, -0.2) is 4.98 Å². The Morgan fingerprint density at radius 2 is 1.74 bits per heavy atom. The van der Waals surface area contributed by atoms with Gasteiger partial charge in [-0.2, -0.15) is 0 Å². The number of aryl methyl sites for hydroxylation is 1. The van der Waals surface area contributed by atoms with Crippen molar-refractivity contribution in [1.82, 2.24) is 4.98 Å². The maximum Gasteiger partial charge on any atom is 0.0939 e. The lowest BCUT2D eigenvalue weighted by molar-refractivity contribution is 0.650. The Hall–Kier alpha value is -1.71. The summed E-state index contributed by atoms with van der Waals surface area (Å²) in [6, 6.07) is 18.6. The quantitative estimate of drug-likeness (QED) is 0.778. The van der Waals surface area contributed by atoms with Crippen molar-refractivity contribution in [3.05, 3.63) is 65.2 Å². The maximum absolute atomic E-state index is 6.21. The fourth-order valence-electron chi connectivity index (χ4n) is 2.17. The molecule has 0 amide bonds. The lowest BCUT2D eigenvalue weighted by atomic mass is 10.0. The minimum atomic E-state index is 0.0909. The number of rotatable bonds is 4. The Morgan fingerprint density at radius 1 is 1.00 bits per heavy atom. The van der Waals surface area contributed by atoms with E-state index in [1.165, 1.54) is 15.3 Å². The number of aromatic nitrogens is 1. The van der Waals surface area contributed by atoms with Crippen molar-refractivity contribution in [2.45, 2.75) is 18.9 Å². The largest absolute Gasteiger partial charge is 0.324 e. The molecule has 0 fully saturated rings. The van der Waals surface area contributed by atoms with Gasteiger partial charge in [0.1, 0.15) is 0 Å². The molecule has 1 atom stereocenters. The van der Waals surface area contributed by atoms with Crippen molar-refractivity contribution in [2.75, 3.05) is 0 Å². The third-order valence-corrected chi connectivity index (χ3v) is 4.33. The first-order chi connectivity index (χ1) is 9.33. The Labute approximate surface area is 116 Å². The highest BCUT2D eigenvalue weighted by molar-refractivity contribution is 7.18. The first kappa shape index (κ1) is 12.3. The summed E-state index contributed by atoms with van der Waals surface area (Å²) in [4.78, 5) is 4.64. The van der Waals surface area contributed by atoms with Crippen molar-refractivity contribution in [2.24, 2.45) is 5.73 Å². The molecule has 3 rings (SSSR count). The number of fused-ring (bicyclic) bond motifs is 1. The summed E-state index contributed by atoms with van der Waals surface area (Å²) < 4.78 is 1.26. The van der Waals surface area contributed by atoms with Gasteiger partial charge in [-0.05, 0) is 24.1 Å². The van der Waals surface area contributed by atoms with Crippen molar-refractivity contribution in [3.63, 3.8) is 0 Å². The molecule has 19 heavy (non-hydrogen) atoms. The van der Waals surface area contributed by atoms with Crippen LogP contribution in [0.25, 0.3) is 10.2 Å². The van der Waals surface area contributed by atoms with E-state index in [1.807, 2.05) is 24.3 Å². The van der Waals surface area contributed by atoms with Crippen LogP contribution < -0.4 is 5.73 Å². The smallest absolute Gasteiger partial charge is 0.0939 e. The van der Waals surface area contributed by atoms with Gasteiger partial charge in [0.2, 0.25) is 0 Å². The molecule has 0 aliphatic rings. The number of hydrogen-bond donors (Lipinski definition) is 1. The summed E-state index contributed by atoms with van der Waals surface area (Å²) in [5.41, 5.74) is 8.51. The van der Waals surface area contributed by atoms with E-state index in [-0.39, 0.29) is 6.04 Å². The first-order valence-corrected chi connectivity index (χ1v) is 7.29. The van der Waals surface area contributed by atoms with Gasteiger partial charge in [0.05, 0.1) is 15.2 Å². The molecular formula is C16H16N2S. The monoisotopic (exact) mass is 268 g/mol. The number of benzene rings is 2. The van der Waals surface area contributed by atoms with Crippen LogP contribution in [0.5, 0.6) is 0 Å². The minimum Gasteiger partial charge on any atom is -0.324 e. The Balaban J connectivity index is 1.69. The summed E-state index contributed by atoms with van der Waals surface area (Å²) >= 11 is 1.77. The second-order valence-corrected chi connectivity index (χ2v) is 5.75. The fourth-order valence-corrected chi connectivity index (χ4v) is 3.16. The standard InChI is InChI=1S/C16H16N2S/c17-13(12-6-2-1-3-7-12)10-11-16-18-14-8-4-5-9-15(14)19-16/h1-9,13H,10-11,17H2. The molecule has 2 N–H and O–H groups in total. The van der Waals surface area contributed by atoms with Gasteiger partial charge in [-0.1, -0.05) is 42.5 Å². The highest BCUT2D eigenvalue weighted by atomic mass is 32.1. The van der Waals surface area contributed by atoms with Crippen molar-refractivity contribution in [1.29, 1.82) is 0 Å². The minimum absolute atomic E-state index is 0.0909. The first-order valence-electron chi connectivity index (χ1n) is 6.48. The van der Waals surface area contributed by atoms with Gasteiger partial charge in [-0.3, -0.25) is 0 Å². The van der Waals surface area contributed by atoms with Crippen molar-refractivity contribution < 1.29 is 0 Å². The van der Waals surface area contributed by atoms with Gasteiger partial charge < -0.3 is 5.73 Å². The molecule has 0 aliphatic carbocycles. The fraction of sp³-hybridized carbons (Fsp3) is 0.188. The summed E-state index contributed by atoms with van der Waals surface area (Å²) in [5.74, 6) is 0. The Morgan fingerprint density at radius 3 is 2.53 bits per heavy atom. The molecule has 0 radical (unpaired) electrons. The molecule has 0 saturated heterocycles. The molecule has 3 aromatic rings. The van der Waals surface area contributed by atoms with Crippen molar-refractivity contribution >= 4 is 21.6 Å². The topological polar surface area (TPSA) is 38.9 Å². The van der Waals surface area contributed by atoms with Gasteiger partial charge >= 0.3 is 0 Å². The van der Waals surface area contributed by atoms with Crippen LogP contribution in [0.1, 0.15) is 23.0 Å². The molecule has 1 unspecified atom stereocenters. The number of nitrogens with zero attached hydrogens (tertiary/aromatic N) is 1. The normalized spacial score (nSPS) is 12.7. The second kappa shape index (κ2) is 5.51. The number of nitrogens with two attached hydrogens (primary N) is 1. The molecule has 96 valence electrons. The van der Waals surface area contributed by atoms with Gasteiger partial charge in [-0.25, -0.2) is 4.98 Å². The summed E-state index contributed by atoms with van der Waals surface area (Å²) in [5, 5.41) is 1.17. The second-order valence-electron chi connectivity index (χ2n) is 4.63. The highest BCUT2D eigenvalue weighted by Gasteiger charge is 2.08. The predicted octanol–water partition coefficient (Wildman–Crippen LogP) is 3.93. The molecule has 0 saturated carbocycles. The molecular weight excluding hydrogens is 252 g/mol. The van der Waals surface area contributed by atoms with E-state index in [9.17, 15) is 0 Å². The predicted molar refractivity (Wildman–Crippen MR) is 81.3 cm³/mol. The summed E-state index contributed by atoms with van der Waals surface area (Å²) in [6.45, 7) is 0. The van der Waals surface area contributed by atoms with Gasteiger partial charge in [0.25, 0.3) is 0 Å². The van der Waals surface area contributed by atoms with Crippen molar-refractivity contribution in [3.8, 4) is 0 Å². The average molecular weight is 268 g/mol. The number of para-hydroxylation sites is 1. The molecule has 1 aromatic heterocycles. The van der Waals surface area contributed by atoms with E-state index in [0.29, 0.717) is 0 Å². The van der Waals surface area contributed by atoms with Crippen LogP contribution in [0.15, 0.2) is 54.6 Å². The molecule has 0 bridgehead atoms. The average Bonchev–Trinajstić information content (AvgIpc) is 2.88. The van der Waals surface area contributed by atoms with Crippen LogP contribution in [0.4, 0.5) is 0 Å². The van der Waals surface area contributed by atoms with E-state index in [2.05, 4.69) is 35.3 Å². The molecule has 0 spiro atoms. The van der Waals surface area contributed by atoms with Crippen LogP contribution in [0, 0.1) is 0 Å². The van der Waals surface area contributed by atoms with Crippen LogP contribution in [0.2, 0.25) is 0 Å². The maximum atomic E-state index is 6.21. The summed E-state index contributed by atoms with van der Waals surface area (Å²) in [6.07, 6.45) is 1.87. The zero-order chi connectivity index (χ0) is 13.1. The SMILES string of the molecule is NC(CCc1nc2ccccc2s1)c1ccccc1. The molecule has 2 nitrogen and oxygen atoms in total. The van der Waals surface area contributed by atoms with E-state index in [4.69, 9.17) is 5.73 Å². The van der Waals surface area contributed by atoms with E-state index in [0.717, 1.165) is 18.4 Å². The Bertz CT molecular complexity index is 628. The van der Waals surface area contributed by atoms with Gasteiger partial charge in [-0.15, -0.1) is 11.3 Å². The Kier molecular flexibility index (Phi) is 3.58. The molecule has 2 aromatic carbocycles. The zero-order valence-corrected chi connectivity index (χ0v) is 11.4. The number of hydrogen-bond acceptors (Lipinski definition) is 3. The van der Waals surface area contributed by atoms with E-state index >= 15 is 0 Å². The number of thiazole rings is 1.